The van der Waals surface area contributed by atoms with Crippen LogP contribution in [0, 0.1) is 19.8 Å². The van der Waals surface area contributed by atoms with Gasteiger partial charge in [0.2, 0.25) is 0 Å². The first-order valence-electron chi connectivity index (χ1n) is 6.52. The van der Waals surface area contributed by atoms with E-state index in [1.54, 1.807) is 13.8 Å². The average Bonchev–Trinajstić information content (AvgIpc) is 2.63. The quantitative estimate of drug-likeness (QED) is 0.765. The lowest BCUT2D eigenvalue weighted by Gasteiger charge is -2.20. The molecule has 1 amide bonds. The van der Waals surface area contributed by atoms with E-state index in [2.05, 4.69) is 24.1 Å². The number of carbonyl (C=O) groups is 2. The van der Waals surface area contributed by atoms with Gasteiger partial charge in [-0.05, 0) is 32.3 Å². The van der Waals surface area contributed by atoms with Crippen LogP contribution in [0.2, 0.25) is 0 Å². The Morgan fingerprint density at radius 2 is 1.89 bits per heavy atom. The largest absolute Gasteiger partial charge is 0.477 e. The minimum Gasteiger partial charge on any atom is -0.477 e. The zero-order valence-corrected chi connectivity index (χ0v) is 12.1. The van der Waals surface area contributed by atoms with Gasteiger partial charge in [0.25, 0.3) is 5.91 Å². The van der Waals surface area contributed by atoms with E-state index in [1.807, 2.05) is 6.92 Å². The van der Waals surface area contributed by atoms with Crippen molar-refractivity contribution in [2.75, 3.05) is 0 Å². The van der Waals surface area contributed by atoms with Crippen LogP contribution in [0.1, 0.15) is 59.3 Å². The highest BCUT2D eigenvalue weighted by Gasteiger charge is 2.23. The first-order chi connectivity index (χ1) is 8.79. The number of aryl methyl sites for hydroxylation is 1. The number of carbonyl (C=O) groups excluding carboxylic acids is 1. The lowest BCUT2D eigenvalue weighted by atomic mass is 10.00. The van der Waals surface area contributed by atoms with E-state index in [4.69, 9.17) is 5.11 Å². The molecule has 0 aliphatic carbocycles. The smallest absolute Gasteiger partial charge is 0.352 e. The van der Waals surface area contributed by atoms with Gasteiger partial charge < -0.3 is 15.4 Å². The van der Waals surface area contributed by atoms with E-state index in [0.29, 0.717) is 22.7 Å². The second kappa shape index (κ2) is 5.91. The lowest BCUT2D eigenvalue weighted by molar-refractivity contribution is 0.0690. The van der Waals surface area contributed by atoms with Crippen LogP contribution in [0.5, 0.6) is 0 Å². The number of rotatable bonds is 5. The van der Waals surface area contributed by atoms with Crippen molar-refractivity contribution in [1.29, 1.82) is 0 Å². The molecule has 1 aromatic heterocycles. The van der Waals surface area contributed by atoms with Crippen molar-refractivity contribution in [1.82, 2.24) is 10.3 Å². The van der Waals surface area contributed by atoms with E-state index in [1.165, 1.54) is 0 Å². The van der Waals surface area contributed by atoms with E-state index >= 15 is 0 Å². The van der Waals surface area contributed by atoms with Crippen LogP contribution in [-0.4, -0.2) is 28.0 Å². The molecule has 0 radical (unpaired) electrons. The van der Waals surface area contributed by atoms with Crippen molar-refractivity contribution in [2.45, 2.75) is 47.1 Å². The van der Waals surface area contributed by atoms with E-state index in [-0.39, 0.29) is 17.6 Å². The molecular weight excluding hydrogens is 244 g/mol. The molecule has 0 aromatic carbocycles. The Kier molecular flexibility index (Phi) is 4.75. The number of aromatic nitrogens is 1. The van der Waals surface area contributed by atoms with Crippen molar-refractivity contribution in [3.63, 3.8) is 0 Å². The van der Waals surface area contributed by atoms with Gasteiger partial charge in [-0.3, -0.25) is 4.79 Å². The van der Waals surface area contributed by atoms with Gasteiger partial charge in [0.05, 0.1) is 5.56 Å². The summed E-state index contributed by atoms with van der Waals surface area (Å²) in [5, 5.41) is 12.0. The van der Waals surface area contributed by atoms with Crippen molar-refractivity contribution < 1.29 is 14.7 Å². The fourth-order valence-electron chi connectivity index (χ4n) is 2.08. The molecule has 2 unspecified atom stereocenters. The summed E-state index contributed by atoms with van der Waals surface area (Å²) in [6.07, 6.45) is 0.979. The maximum Gasteiger partial charge on any atom is 0.352 e. The molecule has 0 bridgehead atoms. The molecular formula is C14H22N2O3. The van der Waals surface area contributed by atoms with E-state index in [9.17, 15) is 9.59 Å². The van der Waals surface area contributed by atoms with Crippen molar-refractivity contribution >= 4 is 11.9 Å². The number of aromatic amines is 1. The van der Waals surface area contributed by atoms with Crippen LogP contribution in [0.15, 0.2) is 0 Å². The Hall–Kier alpha value is -1.78. The van der Waals surface area contributed by atoms with E-state index < -0.39 is 5.97 Å². The molecule has 0 saturated heterocycles. The third-order valence-electron chi connectivity index (χ3n) is 3.73. The summed E-state index contributed by atoms with van der Waals surface area (Å²) in [6.45, 7) is 9.46. The predicted molar refractivity (Wildman–Crippen MR) is 73.6 cm³/mol. The normalized spacial score (nSPS) is 13.9. The number of carboxylic acids is 1. The first kappa shape index (κ1) is 15.3. The number of carboxylic acid groups (broad SMARTS) is 1. The van der Waals surface area contributed by atoms with Crippen molar-refractivity contribution in [2.24, 2.45) is 5.92 Å². The van der Waals surface area contributed by atoms with Crippen LogP contribution in [0.25, 0.3) is 0 Å². The van der Waals surface area contributed by atoms with Crippen LogP contribution >= 0.6 is 0 Å². The molecule has 0 saturated carbocycles. The molecule has 0 aliphatic rings. The summed E-state index contributed by atoms with van der Waals surface area (Å²) in [5.41, 5.74) is 1.59. The zero-order valence-electron chi connectivity index (χ0n) is 12.1. The highest BCUT2D eigenvalue weighted by atomic mass is 16.4. The zero-order chi connectivity index (χ0) is 14.7. The van der Waals surface area contributed by atoms with Crippen LogP contribution < -0.4 is 5.32 Å². The molecule has 2 atom stereocenters. The van der Waals surface area contributed by atoms with Gasteiger partial charge in [0.1, 0.15) is 5.69 Å². The molecule has 0 fully saturated rings. The second-order valence-electron chi connectivity index (χ2n) is 5.08. The number of hydrogen-bond donors (Lipinski definition) is 3. The summed E-state index contributed by atoms with van der Waals surface area (Å²) >= 11 is 0. The van der Waals surface area contributed by atoms with Gasteiger partial charge in [0.15, 0.2) is 0 Å². The van der Waals surface area contributed by atoms with Crippen LogP contribution in [-0.2, 0) is 0 Å². The van der Waals surface area contributed by atoms with Crippen molar-refractivity contribution in [3.8, 4) is 0 Å². The Morgan fingerprint density at radius 1 is 1.32 bits per heavy atom. The summed E-state index contributed by atoms with van der Waals surface area (Å²) < 4.78 is 0. The number of amides is 1. The Morgan fingerprint density at radius 3 is 2.32 bits per heavy atom. The third kappa shape index (κ3) is 3.16. The minimum atomic E-state index is -1.05. The van der Waals surface area contributed by atoms with Crippen LogP contribution in [0.4, 0.5) is 0 Å². The topological polar surface area (TPSA) is 82.2 Å². The summed E-state index contributed by atoms with van der Waals surface area (Å²) in [6, 6.07) is 0.0551. The number of H-pyrrole nitrogens is 1. The molecule has 1 aromatic rings. The van der Waals surface area contributed by atoms with Gasteiger partial charge in [-0.15, -0.1) is 0 Å². The minimum absolute atomic E-state index is 0.0551. The molecule has 1 rings (SSSR count). The van der Waals surface area contributed by atoms with Gasteiger partial charge >= 0.3 is 5.97 Å². The molecule has 0 aliphatic heterocycles. The molecule has 0 spiro atoms. The van der Waals surface area contributed by atoms with Gasteiger partial charge in [-0.1, -0.05) is 20.3 Å². The number of hydrogen-bond acceptors (Lipinski definition) is 2. The Bertz CT molecular complexity index is 491. The maximum absolute atomic E-state index is 12.2. The monoisotopic (exact) mass is 266 g/mol. The number of nitrogens with one attached hydrogen (secondary N) is 2. The summed E-state index contributed by atoms with van der Waals surface area (Å²) in [7, 11) is 0. The maximum atomic E-state index is 12.2. The summed E-state index contributed by atoms with van der Waals surface area (Å²) in [5.74, 6) is -0.886. The van der Waals surface area contributed by atoms with Gasteiger partial charge in [-0.2, -0.15) is 0 Å². The van der Waals surface area contributed by atoms with E-state index in [0.717, 1.165) is 6.42 Å². The average molecular weight is 266 g/mol. The molecule has 3 N–H and O–H groups in total. The van der Waals surface area contributed by atoms with Gasteiger partial charge in [-0.25, -0.2) is 4.79 Å². The predicted octanol–water partition coefficient (Wildman–Crippen LogP) is 2.49. The molecule has 1 heterocycles. The van der Waals surface area contributed by atoms with Crippen LogP contribution in [0.3, 0.4) is 0 Å². The fourth-order valence-corrected chi connectivity index (χ4v) is 2.08. The molecule has 5 heteroatoms. The highest BCUT2D eigenvalue weighted by Crippen LogP contribution is 2.18. The fraction of sp³-hybridized carbons (Fsp3) is 0.571. The molecule has 5 nitrogen and oxygen atoms in total. The second-order valence-corrected chi connectivity index (χ2v) is 5.08. The van der Waals surface area contributed by atoms with Crippen molar-refractivity contribution in [3.05, 3.63) is 22.5 Å². The third-order valence-corrected chi connectivity index (χ3v) is 3.73. The molecule has 19 heavy (non-hydrogen) atoms. The SMILES string of the molecule is CCC(C)C(C)NC(=O)c1c(C)[nH]c(C(=O)O)c1C. The lowest BCUT2D eigenvalue weighted by Crippen LogP contribution is -2.37. The highest BCUT2D eigenvalue weighted by molar-refractivity contribution is 6.00. The standard InChI is InChI=1S/C14H22N2O3/c1-6-7(2)9(4)16-13(17)11-8(3)12(14(18)19)15-10(11)5/h7,9,15H,6H2,1-5H3,(H,16,17)(H,18,19). The Balaban J connectivity index is 2.98. The Labute approximate surface area is 113 Å². The van der Waals surface area contributed by atoms with Gasteiger partial charge in [0, 0.05) is 11.7 Å². The number of aromatic carboxylic acids is 1. The molecule has 106 valence electrons. The summed E-state index contributed by atoms with van der Waals surface area (Å²) in [4.78, 5) is 26.0. The first-order valence-corrected chi connectivity index (χ1v) is 6.52.